The number of methoxy groups -OCH3 is 1. The topological polar surface area (TPSA) is 94.1 Å². The summed E-state index contributed by atoms with van der Waals surface area (Å²) in [5.41, 5.74) is 1.20. The van der Waals surface area contributed by atoms with Crippen molar-refractivity contribution in [2.45, 2.75) is 31.4 Å². The van der Waals surface area contributed by atoms with Crippen LogP contribution in [-0.2, 0) is 20.7 Å². The molecule has 0 bridgehead atoms. The summed E-state index contributed by atoms with van der Waals surface area (Å²) in [4.78, 5) is 24.7. The van der Waals surface area contributed by atoms with Gasteiger partial charge in [0.2, 0.25) is 0 Å². The quantitative estimate of drug-likeness (QED) is 0.663. The molecule has 7 heteroatoms. The van der Waals surface area contributed by atoms with Gasteiger partial charge in [-0.1, -0.05) is 12.1 Å². The van der Waals surface area contributed by atoms with Crippen molar-refractivity contribution in [3.63, 3.8) is 0 Å². The third-order valence-corrected chi connectivity index (χ3v) is 4.74. The number of carbonyl (C=O) groups is 2. The molecule has 1 amide bonds. The van der Waals surface area contributed by atoms with E-state index in [-0.39, 0.29) is 24.2 Å². The number of phenolic OH excluding ortho intramolecular Hbond substituents is 1. The van der Waals surface area contributed by atoms with Crippen molar-refractivity contribution in [1.29, 1.82) is 0 Å². The van der Waals surface area contributed by atoms with E-state index in [0.29, 0.717) is 17.9 Å². The van der Waals surface area contributed by atoms with E-state index in [1.54, 1.807) is 36.4 Å². The molecule has 7 nitrogen and oxygen atoms in total. The first kappa shape index (κ1) is 20.7. The van der Waals surface area contributed by atoms with Crippen molar-refractivity contribution < 1.29 is 28.9 Å². The average Bonchev–Trinajstić information content (AvgIpc) is 3.26. The lowest BCUT2D eigenvalue weighted by Gasteiger charge is -2.17. The summed E-state index contributed by atoms with van der Waals surface area (Å²) in [5, 5.41) is 12.1. The molecular weight excluding hydrogens is 374 g/mol. The molecule has 0 aromatic heterocycles. The molecule has 29 heavy (non-hydrogen) atoms. The zero-order chi connectivity index (χ0) is 20.6. The molecule has 1 fully saturated rings. The summed E-state index contributed by atoms with van der Waals surface area (Å²) in [6.45, 7) is 1.27. The zero-order valence-corrected chi connectivity index (χ0v) is 16.3. The van der Waals surface area contributed by atoms with Crippen LogP contribution in [0.25, 0.3) is 0 Å². The van der Waals surface area contributed by atoms with Crippen molar-refractivity contribution in [3.05, 3.63) is 59.7 Å². The van der Waals surface area contributed by atoms with E-state index in [2.05, 4.69) is 5.32 Å². The number of phenols is 1. The van der Waals surface area contributed by atoms with Crippen LogP contribution < -0.4 is 10.1 Å². The molecule has 0 radical (unpaired) electrons. The number of ether oxygens (including phenoxy) is 3. The van der Waals surface area contributed by atoms with Crippen molar-refractivity contribution in [1.82, 2.24) is 5.32 Å². The molecule has 0 aliphatic carbocycles. The Hall–Kier alpha value is -3.06. The summed E-state index contributed by atoms with van der Waals surface area (Å²) in [7, 11) is 1.28. The number of hydrogen-bond donors (Lipinski definition) is 2. The van der Waals surface area contributed by atoms with Gasteiger partial charge in [0.25, 0.3) is 5.91 Å². The van der Waals surface area contributed by atoms with Gasteiger partial charge in [-0.05, 0) is 54.8 Å². The van der Waals surface area contributed by atoms with E-state index in [4.69, 9.17) is 14.2 Å². The highest BCUT2D eigenvalue weighted by atomic mass is 16.5. The van der Waals surface area contributed by atoms with Crippen molar-refractivity contribution in [3.8, 4) is 11.5 Å². The number of hydrogen-bond acceptors (Lipinski definition) is 6. The first-order valence-corrected chi connectivity index (χ1v) is 9.56. The van der Waals surface area contributed by atoms with Crippen LogP contribution >= 0.6 is 0 Å². The molecule has 1 aliphatic rings. The summed E-state index contributed by atoms with van der Waals surface area (Å²) in [5.74, 6) is -0.132. The third kappa shape index (κ3) is 5.96. The normalized spacial score (nSPS) is 16.8. The second-order valence-corrected chi connectivity index (χ2v) is 6.89. The lowest BCUT2D eigenvalue weighted by atomic mass is 10.1. The van der Waals surface area contributed by atoms with Crippen LogP contribution in [0.4, 0.5) is 0 Å². The lowest BCUT2D eigenvalue weighted by molar-refractivity contribution is -0.142. The number of amides is 1. The molecular formula is C22H25NO6. The van der Waals surface area contributed by atoms with Crippen LogP contribution in [0.15, 0.2) is 48.5 Å². The van der Waals surface area contributed by atoms with Gasteiger partial charge in [-0.3, -0.25) is 4.79 Å². The fraction of sp³-hybridized carbons (Fsp3) is 0.364. The van der Waals surface area contributed by atoms with Gasteiger partial charge < -0.3 is 24.6 Å². The summed E-state index contributed by atoms with van der Waals surface area (Å²) < 4.78 is 16.0. The first-order valence-electron chi connectivity index (χ1n) is 9.56. The number of benzene rings is 2. The molecule has 1 aliphatic heterocycles. The Balaban J connectivity index is 1.59. The molecule has 154 valence electrons. The van der Waals surface area contributed by atoms with Crippen LogP contribution in [0.3, 0.4) is 0 Å². The van der Waals surface area contributed by atoms with Gasteiger partial charge in [0, 0.05) is 18.6 Å². The molecule has 0 unspecified atom stereocenters. The Morgan fingerprint density at radius 3 is 2.52 bits per heavy atom. The number of nitrogens with one attached hydrogen (secondary N) is 1. The monoisotopic (exact) mass is 399 g/mol. The fourth-order valence-electron chi connectivity index (χ4n) is 3.11. The number of esters is 1. The second-order valence-electron chi connectivity index (χ2n) is 6.89. The predicted octanol–water partition coefficient (Wildman–Crippen LogP) is 2.46. The maximum Gasteiger partial charge on any atom is 0.328 e. The molecule has 2 aromatic rings. The van der Waals surface area contributed by atoms with E-state index < -0.39 is 12.0 Å². The highest BCUT2D eigenvalue weighted by Crippen LogP contribution is 2.17. The van der Waals surface area contributed by atoms with Gasteiger partial charge >= 0.3 is 5.97 Å². The van der Waals surface area contributed by atoms with Crippen LogP contribution in [0.1, 0.15) is 28.8 Å². The third-order valence-electron chi connectivity index (χ3n) is 4.74. The van der Waals surface area contributed by atoms with Crippen molar-refractivity contribution in [2.75, 3.05) is 20.3 Å². The Bertz CT molecular complexity index is 812. The number of aromatic hydroxyl groups is 1. The molecule has 2 atom stereocenters. The van der Waals surface area contributed by atoms with E-state index in [1.165, 1.54) is 19.2 Å². The molecule has 0 saturated carbocycles. The molecule has 1 heterocycles. The van der Waals surface area contributed by atoms with Crippen LogP contribution in [0.2, 0.25) is 0 Å². The van der Waals surface area contributed by atoms with E-state index in [9.17, 15) is 14.7 Å². The molecule has 3 rings (SSSR count). The predicted molar refractivity (Wildman–Crippen MR) is 106 cm³/mol. The molecule has 0 spiro atoms. The maximum absolute atomic E-state index is 12.6. The van der Waals surface area contributed by atoms with Gasteiger partial charge in [0.15, 0.2) is 0 Å². The molecule has 2 N–H and O–H groups in total. The van der Waals surface area contributed by atoms with Gasteiger partial charge in [-0.25, -0.2) is 4.79 Å². The van der Waals surface area contributed by atoms with Gasteiger partial charge in [-0.2, -0.15) is 0 Å². The van der Waals surface area contributed by atoms with Crippen molar-refractivity contribution >= 4 is 11.9 Å². The van der Waals surface area contributed by atoms with E-state index in [0.717, 1.165) is 25.0 Å². The Morgan fingerprint density at radius 1 is 1.17 bits per heavy atom. The fourth-order valence-corrected chi connectivity index (χ4v) is 3.11. The summed E-state index contributed by atoms with van der Waals surface area (Å²) >= 11 is 0. The number of rotatable bonds is 8. The molecule has 1 saturated heterocycles. The van der Waals surface area contributed by atoms with Crippen LogP contribution in [0.5, 0.6) is 11.5 Å². The highest BCUT2D eigenvalue weighted by molar-refractivity contribution is 5.96. The molecule has 2 aromatic carbocycles. The number of carbonyl (C=O) groups excluding carboxylic acids is 2. The van der Waals surface area contributed by atoms with Gasteiger partial charge in [0.05, 0.1) is 13.2 Å². The maximum atomic E-state index is 12.6. The summed E-state index contributed by atoms with van der Waals surface area (Å²) in [6.07, 6.45) is 2.43. The lowest BCUT2D eigenvalue weighted by Crippen LogP contribution is -2.43. The minimum absolute atomic E-state index is 0.124. The second kappa shape index (κ2) is 9.93. The van der Waals surface area contributed by atoms with Gasteiger partial charge in [0.1, 0.15) is 24.1 Å². The van der Waals surface area contributed by atoms with E-state index in [1.807, 2.05) is 0 Å². The largest absolute Gasteiger partial charge is 0.508 e. The minimum atomic E-state index is -0.840. The smallest absolute Gasteiger partial charge is 0.328 e. The van der Waals surface area contributed by atoms with Gasteiger partial charge in [-0.15, -0.1) is 0 Å². The van der Waals surface area contributed by atoms with Crippen molar-refractivity contribution in [2.24, 2.45) is 0 Å². The SMILES string of the molecule is COC(=O)[C@H](Cc1ccc(O)cc1)NC(=O)c1ccc(OC[C@H]2CCCO2)cc1. The zero-order valence-electron chi connectivity index (χ0n) is 16.3. The Morgan fingerprint density at radius 2 is 1.90 bits per heavy atom. The van der Waals surface area contributed by atoms with E-state index >= 15 is 0 Å². The average molecular weight is 399 g/mol. The standard InChI is InChI=1S/C22H25NO6/c1-27-22(26)20(13-15-4-8-17(24)9-5-15)23-21(25)16-6-10-18(11-7-16)29-14-19-3-2-12-28-19/h4-11,19-20,24H,2-3,12-14H2,1H3,(H,23,25)/t19-,20+/m1/s1. The van der Waals surface area contributed by atoms with Crippen LogP contribution in [0, 0.1) is 0 Å². The Labute approximate surface area is 169 Å². The highest BCUT2D eigenvalue weighted by Gasteiger charge is 2.23. The summed E-state index contributed by atoms with van der Waals surface area (Å²) in [6, 6.07) is 12.3. The van der Waals surface area contributed by atoms with Crippen LogP contribution in [-0.4, -0.2) is 49.5 Å². The minimum Gasteiger partial charge on any atom is -0.508 e. The first-order chi connectivity index (χ1) is 14.0. The Kier molecular flexibility index (Phi) is 7.08.